The highest BCUT2D eigenvalue weighted by molar-refractivity contribution is 14.0. The third-order valence-corrected chi connectivity index (χ3v) is 4.03. The van der Waals surface area contributed by atoms with Crippen molar-refractivity contribution in [2.24, 2.45) is 4.99 Å². The summed E-state index contributed by atoms with van der Waals surface area (Å²) in [5, 5.41) is 15.1. The molecule has 7 nitrogen and oxygen atoms in total. The predicted octanol–water partition coefficient (Wildman–Crippen LogP) is 3.21. The van der Waals surface area contributed by atoms with Crippen molar-refractivity contribution in [2.75, 3.05) is 28.4 Å². The third-order valence-electron chi connectivity index (χ3n) is 4.03. The van der Waals surface area contributed by atoms with Gasteiger partial charge in [0.15, 0.2) is 17.5 Å². The zero-order valence-electron chi connectivity index (χ0n) is 16.7. The lowest BCUT2D eigenvalue weighted by Crippen LogP contribution is -2.36. The molecule has 0 aliphatic heterocycles. The molecule has 0 aliphatic rings. The lowest BCUT2D eigenvalue weighted by Gasteiger charge is -2.16. The van der Waals surface area contributed by atoms with E-state index in [2.05, 4.69) is 15.6 Å². The van der Waals surface area contributed by atoms with Gasteiger partial charge >= 0.3 is 0 Å². The molecule has 156 valence electrons. The molecule has 0 fully saturated rings. The first-order valence-corrected chi connectivity index (χ1v) is 8.48. The van der Waals surface area contributed by atoms with Crippen LogP contribution in [0, 0.1) is 17.1 Å². The summed E-state index contributed by atoms with van der Waals surface area (Å²) in [6.45, 7) is 0.618. The van der Waals surface area contributed by atoms with Gasteiger partial charge in [0.25, 0.3) is 0 Å². The highest BCUT2D eigenvalue weighted by Gasteiger charge is 2.13. The van der Waals surface area contributed by atoms with E-state index >= 15 is 0 Å². The summed E-state index contributed by atoms with van der Waals surface area (Å²) in [5.74, 6) is 1.72. The van der Waals surface area contributed by atoms with E-state index < -0.39 is 0 Å². The van der Waals surface area contributed by atoms with Crippen molar-refractivity contribution in [3.63, 3.8) is 0 Å². The second-order valence-corrected chi connectivity index (χ2v) is 5.73. The number of halogens is 2. The summed E-state index contributed by atoms with van der Waals surface area (Å²) < 4.78 is 29.9. The number of methoxy groups -OCH3 is 3. The molecule has 0 spiro atoms. The maximum Gasteiger partial charge on any atom is 0.203 e. The molecule has 0 amide bonds. The normalized spacial score (nSPS) is 10.4. The summed E-state index contributed by atoms with van der Waals surface area (Å²) in [5.41, 5.74) is 1.67. The van der Waals surface area contributed by atoms with Crippen LogP contribution in [0.1, 0.15) is 16.7 Å². The Balaban J connectivity index is 0.00000420. The number of nitrogens with zero attached hydrogens (tertiary/aromatic N) is 2. The Kier molecular flexibility index (Phi) is 10.0. The highest BCUT2D eigenvalue weighted by atomic mass is 127. The van der Waals surface area contributed by atoms with Crippen LogP contribution in [0.25, 0.3) is 0 Å². The van der Waals surface area contributed by atoms with Crippen LogP contribution in [0.4, 0.5) is 4.39 Å². The molecule has 0 heterocycles. The first-order valence-electron chi connectivity index (χ1n) is 8.48. The van der Waals surface area contributed by atoms with Gasteiger partial charge in [-0.3, -0.25) is 4.99 Å². The maximum absolute atomic E-state index is 13.9. The number of nitriles is 1. The van der Waals surface area contributed by atoms with Crippen LogP contribution in [0.2, 0.25) is 0 Å². The molecule has 0 aromatic heterocycles. The summed E-state index contributed by atoms with van der Waals surface area (Å²) in [6, 6.07) is 9.89. The fourth-order valence-corrected chi connectivity index (χ4v) is 2.60. The van der Waals surface area contributed by atoms with Crippen molar-refractivity contribution in [3.8, 4) is 23.3 Å². The summed E-state index contributed by atoms with van der Waals surface area (Å²) in [6.07, 6.45) is 0. The van der Waals surface area contributed by atoms with Crippen LogP contribution in [-0.2, 0) is 13.1 Å². The van der Waals surface area contributed by atoms with Gasteiger partial charge in [-0.2, -0.15) is 5.26 Å². The smallest absolute Gasteiger partial charge is 0.203 e. The highest BCUT2D eigenvalue weighted by Crippen LogP contribution is 2.38. The van der Waals surface area contributed by atoms with Gasteiger partial charge in [-0.05, 0) is 35.9 Å². The number of hydrogen-bond acceptors (Lipinski definition) is 5. The topological polar surface area (TPSA) is 87.9 Å². The zero-order valence-corrected chi connectivity index (χ0v) is 19.0. The molecule has 9 heteroatoms. The predicted molar refractivity (Wildman–Crippen MR) is 120 cm³/mol. The molecule has 29 heavy (non-hydrogen) atoms. The van der Waals surface area contributed by atoms with E-state index in [1.54, 1.807) is 28.4 Å². The Morgan fingerprint density at radius 2 is 1.66 bits per heavy atom. The van der Waals surface area contributed by atoms with E-state index in [0.717, 1.165) is 5.56 Å². The second-order valence-electron chi connectivity index (χ2n) is 5.73. The van der Waals surface area contributed by atoms with Crippen molar-refractivity contribution >= 4 is 29.9 Å². The monoisotopic (exact) mass is 514 g/mol. The average Bonchev–Trinajstić information content (AvgIpc) is 2.73. The molecule has 2 N–H and O–H groups in total. The van der Waals surface area contributed by atoms with Gasteiger partial charge in [-0.25, -0.2) is 4.39 Å². The maximum atomic E-state index is 13.9. The summed E-state index contributed by atoms with van der Waals surface area (Å²) >= 11 is 0. The quantitative estimate of drug-likeness (QED) is 0.335. The van der Waals surface area contributed by atoms with E-state index in [1.165, 1.54) is 18.2 Å². The van der Waals surface area contributed by atoms with Gasteiger partial charge in [0.05, 0.1) is 33.0 Å². The Labute approximate surface area is 186 Å². The fraction of sp³-hybridized carbons (Fsp3) is 0.300. The van der Waals surface area contributed by atoms with E-state index in [1.807, 2.05) is 18.2 Å². The van der Waals surface area contributed by atoms with Crippen molar-refractivity contribution in [1.29, 1.82) is 5.26 Å². The minimum absolute atomic E-state index is 0. The van der Waals surface area contributed by atoms with Gasteiger partial charge in [0.1, 0.15) is 5.82 Å². The lowest BCUT2D eigenvalue weighted by molar-refractivity contribution is 0.323. The molecule has 0 unspecified atom stereocenters. The van der Waals surface area contributed by atoms with Gasteiger partial charge < -0.3 is 24.8 Å². The van der Waals surface area contributed by atoms with Crippen LogP contribution in [0.3, 0.4) is 0 Å². The molecule has 0 bridgehead atoms. The summed E-state index contributed by atoms with van der Waals surface area (Å²) in [4.78, 5) is 4.13. The van der Waals surface area contributed by atoms with Crippen LogP contribution >= 0.6 is 24.0 Å². The molecule has 2 aromatic carbocycles. The van der Waals surface area contributed by atoms with E-state index in [-0.39, 0.29) is 36.3 Å². The van der Waals surface area contributed by atoms with Gasteiger partial charge in [-0.1, -0.05) is 0 Å². The van der Waals surface area contributed by atoms with E-state index in [4.69, 9.17) is 19.5 Å². The number of benzene rings is 2. The van der Waals surface area contributed by atoms with Crippen LogP contribution in [0.5, 0.6) is 17.2 Å². The fourth-order valence-electron chi connectivity index (χ4n) is 2.60. The number of guanidine groups is 1. The molecule has 0 saturated heterocycles. The minimum atomic E-state index is -0.383. The Morgan fingerprint density at radius 1 is 1.03 bits per heavy atom. The third kappa shape index (κ3) is 6.39. The van der Waals surface area contributed by atoms with Crippen molar-refractivity contribution in [3.05, 3.63) is 52.8 Å². The lowest BCUT2D eigenvalue weighted by atomic mass is 10.1. The molecule has 2 rings (SSSR count). The molecule has 0 saturated carbocycles. The Morgan fingerprint density at radius 3 is 2.17 bits per heavy atom. The molecule has 0 atom stereocenters. The number of ether oxygens (including phenoxy) is 3. The van der Waals surface area contributed by atoms with Crippen LogP contribution in [0.15, 0.2) is 35.3 Å². The van der Waals surface area contributed by atoms with Crippen LogP contribution < -0.4 is 24.8 Å². The van der Waals surface area contributed by atoms with E-state index in [0.29, 0.717) is 40.9 Å². The number of rotatable bonds is 7. The molecule has 0 radical (unpaired) electrons. The SMILES string of the molecule is CN=C(NCc1cc(OC)c(OC)c(OC)c1)NCc1cc(C#N)ccc1F.I. The number of aliphatic imine (C=N–C) groups is 1. The summed E-state index contributed by atoms with van der Waals surface area (Å²) in [7, 11) is 6.27. The van der Waals surface area contributed by atoms with E-state index in [9.17, 15) is 4.39 Å². The van der Waals surface area contributed by atoms with Gasteiger partial charge in [0.2, 0.25) is 5.75 Å². The second kappa shape index (κ2) is 12.0. The molecule has 2 aromatic rings. The minimum Gasteiger partial charge on any atom is -0.493 e. The number of hydrogen-bond donors (Lipinski definition) is 2. The standard InChI is InChI=1S/C20H23FN4O3.HI/c1-23-20(25-12-15-7-13(10-22)5-6-16(15)21)24-11-14-8-17(26-2)19(28-4)18(9-14)27-3;/h5-9H,11-12H2,1-4H3,(H2,23,24,25);1H. The van der Waals surface area contributed by atoms with Crippen molar-refractivity contribution in [2.45, 2.75) is 13.1 Å². The molecular weight excluding hydrogens is 490 g/mol. The van der Waals surface area contributed by atoms with Gasteiger partial charge in [-0.15, -0.1) is 24.0 Å². The average molecular weight is 514 g/mol. The zero-order chi connectivity index (χ0) is 20.5. The molecular formula is C20H24FIN4O3. The van der Waals surface area contributed by atoms with Crippen molar-refractivity contribution < 1.29 is 18.6 Å². The van der Waals surface area contributed by atoms with Crippen molar-refractivity contribution in [1.82, 2.24) is 10.6 Å². The number of nitrogens with one attached hydrogen (secondary N) is 2. The first-order chi connectivity index (χ1) is 13.6. The first kappa shape index (κ1) is 24.3. The Bertz CT molecular complexity index is 875. The molecule has 0 aliphatic carbocycles. The van der Waals surface area contributed by atoms with Crippen LogP contribution in [-0.4, -0.2) is 34.3 Å². The Hall–Kier alpha value is -2.74. The largest absolute Gasteiger partial charge is 0.493 e. The van der Waals surface area contributed by atoms with Gasteiger partial charge in [0, 0.05) is 25.7 Å².